The molecule has 0 aromatic heterocycles. The van der Waals surface area contributed by atoms with E-state index in [1.54, 1.807) is 12.1 Å². The van der Waals surface area contributed by atoms with E-state index >= 15 is 0 Å². The summed E-state index contributed by atoms with van der Waals surface area (Å²) in [6.45, 7) is 2.54. The fraction of sp³-hybridized carbons (Fsp3) is 0.300. The summed E-state index contributed by atoms with van der Waals surface area (Å²) >= 11 is 0. The summed E-state index contributed by atoms with van der Waals surface area (Å²) in [6.07, 6.45) is 0. The monoisotopic (exact) mass is 194 g/mol. The predicted octanol–water partition coefficient (Wildman–Crippen LogP) is 1.13. The molecule has 1 rings (SSSR count). The van der Waals surface area contributed by atoms with Crippen molar-refractivity contribution < 1.29 is 9.84 Å². The lowest BCUT2D eigenvalue weighted by molar-refractivity contribution is 0.373. The van der Waals surface area contributed by atoms with E-state index in [2.05, 4.69) is 4.99 Å². The van der Waals surface area contributed by atoms with Crippen LogP contribution in [0.5, 0.6) is 11.5 Å². The van der Waals surface area contributed by atoms with E-state index in [1.807, 2.05) is 6.92 Å². The fourth-order valence-electron chi connectivity index (χ4n) is 1.10. The number of nitrogens with zero attached hydrogens (tertiary/aromatic N) is 1. The molecular weight excluding hydrogens is 180 g/mol. The molecule has 0 saturated heterocycles. The SMILES string of the molecule is CCN=C(N)c1ccc(O)c(OC)c1. The van der Waals surface area contributed by atoms with Crippen LogP contribution in [0.3, 0.4) is 0 Å². The first-order valence-corrected chi connectivity index (χ1v) is 4.36. The van der Waals surface area contributed by atoms with Gasteiger partial charge in [-0.1, -0.05) is 0 Å². The van der Waals surface area contributed by atoms with Gasteiger partial charge in [-0.3, -0.25) is 4.99 Å². The summed E-state index contributed by atoms with van der Waals surface area (Å²) in [5, 5.41) is 9.34. The number of ether oxygens (including phenoxy) is 1. The molecule has 0 radical (unpaired) electrons. The number of aliphatic imine (C=N–C) groups is 1. The molecular formula is C10H14N2O2. The maximum Gasteiger partial charge on any atom is 0.161 e. The number of phenolic OH excluding ortho intramolecular Hbond substituents is 1. The van der Waals surface area contributed by atoms with E-state index in [1.165, 1.54) is 13.2 Å². The van der Waals surface area contributed by atoms with Gasteiger partial charge < -0.3 is 15.6 Å². The molecule has 14 heavy (non-hydrogen) atoms. The summed E-state index contributed by atoms with van der Waals surface area (Å²) < 4.78 is 4.95. The molecule has 76 valence electrons. The Morgan fingerprint density at radius 3 is 2.86 bits per heavy atom. The highest BCUT2D eigenvalue weighted by Gasteiger charge is 2.04. The van der Waals surface area contributed by atoms with Crippen LogP contribution in [0, 0.1) is 0 Å². The van der Waals surface area contributed by atoms with Crippen molar-refractivity contribution in [2.45, 2.75) is 6.92 Å². The molecule has 0 saturated carbocycles. The van der Waals surface area contributed by atoms with Crippen LogP contribution in [0.1, 0.15) is 12.5 Å². The van der Waals surface area contributed by atoms with Gasteiger partial charge in [0.2, 0.25) is 0 Å². The third-order valence-electron chi connectivity index (χ3n) is 1.80. The van der Waals surface area contributed by atoms with E-state index in [0.717, 1.165) is 5.56 Å². The van der Waals surface area contributed by atoms with Gasteiger partial charge in [-0.2, -0.15) is 0 Å². The summed E-state index contributed by atoms with van der Waals surface area (Å²) in [5.41, 5.74) is 6.44. The predicted molar refractivity (Wildman–Crippen MR) is 55.9 cm³/mol. The van der Waals surface area contributed by atoms with Crippen molar-refractivity contribution in [3.05, 3.63) is 23.8 Å². The Morgan fingerprint density at radius 1 is 1.57 bits per heavy atom. The van der Waals surface area contributed by atoms with Gasteiger partial charge in [0.1, 0.15) is 5.84 Å². The molecule has 1 aromatic carbocycles. The Hall–Kier alpha value is -1.71. The lowest BCUT2D eigenvalue weighted by atomic mass is 10.2. The zero-order valence-electron chi connectivity index (χ0n) is 8.32. The van der Waals surface area contributed by atoms with Gasteiger partial charge in [0.15, 0.2) is 11.5 Å². The maximum absolute atomic E-state index is 9.34. The van der Waals surface area contributed by atoms with Gasteiger partial charge in [0.25, 0.3) is 0 Å². The summed E-state index contributed by atoms with van der Waals surface area (Å²) in [4.78, 5) is 4.06. The largest absolute Gasteiger partial charge is 0.504 e. The fourth-order valence-corrected chi connectivity index (χ4v) is 1.10. The van der Waals surface area contributed by atoms with Crippen LogP contribution < -0.4 is 10.5 Å². The second-order valence-corrected chi connectivity index (χ2v) is 2.75. The van der Waals surface area contributed by atoms with Crippen LogP contribution in [0.2, 0.25) is 0 Å². The van der Waals surface area contributed by atoms with Gasteiger partial charge in [-0.05, 0) is 25.1 Å². The van der Waals surface area contributed by atoms with Crippen LogP contribution in [0.25, 0.3) is 0 Å². The average Bonchev–Trinajstić information content (AvgIpc) is 2.19. The van der Waals surface area contributed by atoms with E-state index in [-0.39, 0.29) is 5.75 Å². The normalized spacial score (nSPS) is 11.4. The molecule has 1 aromatic rings. The Balaban J connectivity index is 3.06. The Morgan fingerprint density at radius 2 is 2.29 bits per heavy atom. The average molecular weight is 194 g/mol. The quantitative estimate of drug-likeness (QED) is 0.559. The first-order valence-electron chi connectivity index (χ1n) is 4.36. The number of phenols is 1. The molecule has 0 amide bonds. The molecule has 0 spiro atoms. The molecule has 3 N–H and O–H groups in total. The maximum atomic E-state index is 9.34. The zero-order valence-corrected chi connectivity index (χ0v) is 8.32. The van der Waals surface area contributed by atoms with Crippen LogP contribution in [0.4, 0.5) is 0 Å². The second kappa shape index (κ2) is 4.50. The Kier molecular flexibility index (Phi) is 3.34. The first-order chi connectivity index (χ1) is 6.69. The van der Waals surface area contributed by atoms with E-state index in [0.29, 0.717) is 18.1 Å². The number of nitrogens with two attached hydrogens (primary N) is 1. The van der Waals surface area contributed by atoms with Crippen molar-refractivity contribution in [2.24, 2.45) is 10.7 Å². The number of benzene rings is 1. The third kappa shape index (κ3) is 2.16. The minimum absolute atomic E-state index is 0.0977. The first kappa shape index (κ1) is 10.4. The number of methoxy groups -OCH3 is 1. The van der Waals surface area contributed by atoms with Gasteiger partial charge in [0, 0.05) is 12.1 Å². The molecule has 0 bridgehead atoms. The topological polar surface area (TPSA) is 67.8 Å². The molecule has 4 heteroatoms. The summed E-state index contributed by atoms with van der Waals surface area (Å²) in [6, 6.07) is 4.89. The van der Waals surface area contributed by atoms with E-state index in [9.17, 15) is 5.11 Å². The van der Waals surface area contributed by atoms with Crippen LogP contribution in [0.15, 0.2) is 23.2 Å². The van der Waals surface area contributed by atoms with Crippen molar-refractivity contribution >= 4 is 5.84 Å². The second-order valence-electron chi connectivity index (χ2n) is 2.75. The highest BCUT2D eigenvalue weighted by atomic mass is 16.5. The minimum atomic E-state index is 0.0977. The van der Waals surface area contributed by atoms with Crippen molar-refractivity contribution in [1.29, 1.82) is 0 Å². The lowest BCUT2D eigenvalue weighted by Crippen LogP contribution is -2.13. The number of rotatable bonds is 3. The number of hydrogen-bond donors (Lipinski definition) is 2. The molecule has 0 fully saturated rings. The number of aromatic hydroxyl groups is 1. The number of amidine groups is 1. The van der Waals surface area contributed by atoms with Gasteiger partial charge in [-0.15, -0.1) is 0 Å². The van der Waals surface area contributed by atoms with Crippen molar-refractivity contribution in [1.82, 2.24) is 0 Å². The molecule has 0 aliphatic rings. The minimum Gasteiger partial charge on any atom is -0.504 e. The zero-order chi connectivity index (χ0) is 10.6. The smallest absolute Gasteiger partial charge is 0.161 e. The van der Waals surface area contributed by atoms with Gasteiger partial charge in [0.05, 0.1) is 7.11 Å². The van der Waals surface area contributed by atoms with E-state index < -0.39 is 0 Å². The highest BCUT2D eigenvalue weighted by molar-refractivity contribution is 5.98. The standard InChI is InChI=1S/C10H14N2O2/c1-3-12-10(11)7-4-5-8(13)9(6-7)14-2/h4-6,13H,3H2,1-2H3,(H2,11,12). The summed E-state index contributed by atoms with van der Waals surface area (Å²) in [5.74, 6) is 0.947. The molecule has 0 atom stereocenters. The lowest BCUT2D eigenvalue weighted by Gasteiger charge is -2.05. The highest BCUT2D eigenvalue weighted by Crippen LogP contribution is 2.25. The van der Waals surface area contributed by atoms with Crippen LogP contribution in [-0.4, -0.2) is 24.6 Å². The van der Waals surface area contributed by atoms with Crippen molar-refractivity contribution in [3.63, 3.8) is 0 Å². The van der Waals surface area contributed by atoms with Gasteiger partial charge in [-0.25, -0.2) is 0 Å². The Labute approximate surface area is 83.0 Å². The molecule has 4 nitrogen and oxygen atoms in total. The van der Waals surface area contributed by atoms with Crippen molar-refractivity contribution in [3.8, 4) is 11.5 Å². The van der Waals surface area contributed by atoms with Crippen LogP contribution >= 0.6 is 0 Å². The van der Waals surface area contributed by atoms with Gasteiger partial charge >= 0.3 is 0 Å². The molecule has 0 heterocycles. The summed E-state index contributed by atoms with van der Waals surface area (Å²) in [7, 11) is 1.49. The third-order valence-corrected chi connectivity index (χ3v) is 1.80. The Bertz CT molecular complexity index is 348. The van der Waals surface area contributed by atoms with E-state index in [4.69, 9.17) is 10.5 Å². The molecule has 0 aliphatic heterocycles. The molecule has 0 aliphatic carbocycles. The van der Waals surface area contributed by atoms with Crippen LogP contribution in [-0.2, 0) is 0 Å². The number of hydrogen-bond acceptors (Lipinski definition) is 3. The molecule has 0 unspecified atom stereocenters. The van der Waals surface area contributed by atoms with Crippen molar-refractivity contribution in [2.75, 3.05) is 13.7 Å².